The van der Waals surface area contributed by atoms with Crippen molar-refractivity contribution in [2.45, 2.75) is 26.7 Å². The first-order chi connectivity index (χ1) is 7.91. The number of nitrogens with two attached hydrogens (primary N) is 1. The predicted molar refractivity (Wildman–Crippen MR) is 64.2 cm³/mol. The minimum atomic E-state index is -0.284. The van der Waals surface area contributed by atoms with Crippen LogP contribution in [-0.4, -0.2) is 16.8 Å². The summed E-state index contributed by atoms with van der Waals surface area (Å²) in [5.74, 6) is -0.230. The van der Waals surface area contributed by atoms with Crippen LogP contribution >= 0.6 is 0 Å². The highest BCUT2D eigenvalue weighted by Gasteiger charge is 2.39. The van der Waals surface area contributed by atoms with Crippen LogP contribution in [0, 0.1) is 5.41 Å². The minimum Gasteiger partial charge on any atom is -0.396 e. The number of anilines is 2. The molecule has 5 heteroatoms. The number of aromatic nitrogens is 1. The number of pyridine rings is 1. The van der Waals surface area contributed by atoms with Gasteiger partial charge >= 0.3 is 0 Å². The predicted octanol–water partition coefficient (Wildman–Crippen LogP) is 1.34. The average molecular weight is 233 g/mol. The molecule has 2 amide bonds. The first kappa shape index (κ1) is 11.6. The molecule has 2 N–H and O–H groups in total. The topological polar surface area (TPSA) is 76.3 Å². The highest BCUT2D eigenvalue weighted by molar-refractivity contribution is 6.17. The number of piperidine rings is 1. The maximum absolute atomic E-state index is 12.0. The molecule has 1 aliphatic rings. The Bertz CT molecular complexity index is 462. The molecule has 0 spiro atoms. The average Bonchev–Trinajstić information content (AvgIpc) is 2.17. The van der Waals surface area contributed by atoms with Crippen molar-refractivity contribution < 1.29 is 9.59 Å². The van der Waals surface area contributed by atoms with E-state index in [0.29, 0.717) is 18.5 Å². The van der Waals surface area contributed by atoms with Gasteiger partial charge in [-0.2, -0.15) is 0 Å². The molecule has 5 nitrogen and oxygen atoms in total. The summed E-state index contributed by atoms with van der Waals surface area (Å²) in [6, 6.07) is 3.30. The van der Waals surface area contributed by atoms with Crippen molar-refractivity contribution in [3.05, 3.63) is 18.3 Å². The maximum Gasteiger partial charge on any atom is 0.235 e. The van der Waals surface area contributed by atoms with Crippen LogP contribution in [0.15, 0.2) is 18.3 Å². The Kier molecular flexibility index (Phi) is 2.61. The van der Waals surface area contributed by atoms with E-state index in [4.69, 9.17) is 5.73 Å². The molecule has 1 aromatic heterocycles. The van der Waals surface area contributed by atoms with Gasteiger partial charge in [-0.1, -0.05) is 13.8 Å². The molecular weight excluding hydrogens is 218 g/mol. The Hall–Kier alpha value is -1.91. The molecule has 1 aromatic rings. The van der Waals surface area contributed by atoms with Gasteiger partial charge < -0.3 is 5.73 Å². The van der Waals surface area contributed by atoms with Gasteiger partial charge in [0, 0.05) is 19.0 Å². The van der Waals surface area contributed by atoms with E-state index in [1.807, 2.05) is 13.8 Å². The number of hydrogen-bond donors (Lipinski definition) is 1. The van der Waals surface area contributed by atoms with Crippen LogP contribution in [0.3, 0.4) is 0 Å². The molecule has 0 radical (unpaired) electrons. The monoisotopic (exact) mass is 233 g/mol. The van der Waals surface area contributed by atoms with E-state index in [9.17, 15) is 9.59 Å². The van der Waals surface area contributed by atoms with Crippen LogP contribution in [0.2, 0.25) is 0 Å². The number of carbonyl (C=O) groups is 2. The third kappa shape index (κ3) is 2.13. The molecular formula is C12H15N3O2. The summed E-state index contributed by atoms with van der Waals surface area (Å²) in [7, 11) is 0. The first-order valence-electron chi connectivity index (χ1n) is 5.47. The lowest BCUT2D eigenvalue weighted by atomic mass is 9.82. The molecule has 17 heavy (non-hydrogen) atoms. The molecule has 0 unspecified atom stereocenters. The first-order valence-corrected chi connectivity index (χ1v) is 5.47. The second kappa shape index (κ2) is 3.84. The number of nitrogens with zero attached hydrogens (tertiary/aromatic N) is 2. The third-order valence-electron chi connectivity index (χ3n) is 2.79. The Morgan fingerprint density at radius 1 is 1.29 bits per heavy atom. The van der Waals surface area contributed by atoms with Crippen molar-refractivity contribution in [1.29, 1.82) is 0 Å². The van der Waals surface area contributed by atoms with Crippen LogP contribution in [0.1, 0.15) is 26.7 Å². The van der Waals surface area contributed by atoms with E-state index in [1.165, 1.54) is 6.20 Å². The fourth-order valence-electron chi connectivity index (χ4n) is 2.01. The lowest BCUT2D eigenvalue weighted by Crippen LogP contribution is -2.46. The fourth-order valence-corrected chi connectivity index (χ4v) is 2.01. The molecule has 90 valence electrons. The molecule has 0 atom stereocenters. The van der Waals surface area contributed by atoms with Crippen molar-refractivity contribution in [3.63, 3.8) is 0 Å². The second-order valence-corrected chi connectivity index (χ2v) is 5.06. The highest BCUT2D eigenvalue weighted by Crippen LogP contribution is 2.34. The summed E-state index contributed by atoms with van der Waals surface area (Å²) in [6.45, 7) is 3.81. The van der Waals surface area contributed by atoms with Crippen molar-refractivity contribution in [2.75, 3.05) is 10.6 Å². The van der Waals surface area contributed by atoms with Crippen LogP contribution in [0.4, 0.5) is 11.5 Å². The number of amides is 2. The molecule has 2 heterocycles. The van der Waals surface area contributed by atoms with E-state index in [1.54, 1.807) is 12.1 Å². The van der Waals surface area contributed by atoms with Crippen LogP contribution in [-0.2, 0) is 9.59 Å². The number of imide groups is 1. The standard InChI is InChI=1S/C12H15N3O2/c1-12(2)6-9(16)15(10(17)7-12)11-8(13)4-3-5-14-11/h3-5H,6-7,13H2,1-2H3. The van der Waals surface area contributed by atoms with Gasteiger partial charge in [-0.3, -0.25) is 9.59 Å². The maximum atomic E-state index is 12.0. The van der Waals surface area contributed by atoms with E-state index < -0.39 is 0 Å². The van der Waals surface area contributed by atoms with Crippen molar-refractivity contribution in [2.24, 2.45) is 5.41 Å². The molecule has 1 aliphatic heterocycles. The number of hydrogen-bond acceptors (Lipinski definition) is 4. The minimum absolute atomic E-state index is 0.239. The SMILES string of the molecule is CC1(C)CC(=O)N(c2ncccc2N)C(=O)C1. The summed E-state index contributed by atoms with van der Waals surface area (Å²) in [4.78, 5) is 29.1. The van der Waals surface area contributed by atoms with Gasteiger partial charge in [0.1, 0.15) is 0 Å². The number of rotatable bonds is 1. The molecule has 0 aliphatic carbocycles. The zero-order chi connectivity index (χ0) is 12.6. The molecule has 1 fully saturated rings. The van der Waals surface area contributed by atoms with Gasteiger partial charge in [0.2, 0.25) is 11.8 Å². The summed E-state index contributed by atoms with van der Waals surface area (Å²) < 4.78 is 0. The summed E-state index contributed by atoms with van der Waals surface area (Å²) in [6.07, 6.45) is 2.18. The van der Waals surface area contributed by atoms with Crippen LogP contribution in [0.5, 0.6) is 0 Å². The summed E-state index contributed by atoms with van der Waals surface area (Å²) >= 11 is 0. The number of carbonyl (C=O) groups excluding carboxylic acids is 2. The largest absolute Gasteiger partial charge is 0.396 e. The molecule has 1 saturated heterocycles. The van der Waals surface area contributed by atoms with Gasteiger partial charge in [0.05, 0.1) is 5.69 Å². The fraction of sp³-hybridized carbons (Fsp3) is 0.417. The Morgan fingerprint density at radius 3 is 2.41 bits per heavy atom. The Balaban J connectivity index is 2.38. The van der Waals surface area contributed by atoms with Gasteiger partial charge in [0.15, 0.2) is 5.82 Å². The van der Waals surface area contributed by atoms with E-state index >= 15 is 0 Å². The van der Waals surface area contributed by atoms with Gasteiger partial charge in [-0.25, -0.2) is 9.88 Å². The van der Waals surface area contributed by atoms with Gasteiger partial charge in [0.25, 0.3) is 0 Å². The second-order valence-electron chi connectivity index (χ2n) is 5.06. The normalized spacial score (nSPS) is 19.5. The van der Waals surface area contributed by atoms with Crippen molar-refractivity contribution >= 4 is 23.3 Å². The smallest absolute Gasteiger partial charge is 0.235 e. The molecule has 0 saturated carbocycles. The quantitative estimate of drug-likeness (QED) is 0.743. The third-order valence-corrected chi connectivity index (χ3v) is 2.79. The Labute approximate surface area is 99.6 Å². The number of nitrogen functional groups attached to an aromatic ring is 1. The van der Waals surface area contributed by atoms with Gasteiger partial charge in [-0.05, 0) is 17.5 Å². The Morgan fingerprint density at radius 2 is 1.88 bits per heavy atom. The molecule has 0 bridgehead atoms. The van der Waals surface area contributed by atoms with E-state index in [2.05, 4.69) is 4.98 Å². The summed E-state index contributed by atoms with van der Waals surface area (Å²) in [5.41, 5.74) is 5.79. The zero-order valence-corrected chi connectivity index (χ0v) is 9.93. The lowest BCUT2D eigenvalue weighted by Gasteiger charge is -2.34. The van der Waals surface area contributed by atoms with Crippen LogP contribution < -0.4 is 10.6 Å². The summed E-state index contributed by atoms with van der Waals surface area (Å²) in [5, 5.41) is 0. The van der Waals surface area contributed by atoms with E-state index in [-0.39, 0.29) is 23.0 Å². The van der Waals surface area contributed by atoms with Crippen LogP contribution in [0.25, 0.3) is 0 Å². The van der Waals surface area contributed by atoms with Crippen molar-refractivity contribution in [1.82, 2.24) is 4.98 Å². The zero-order valence-electron chi connectivity index (χ0n) is 9.93. The molecule has 2 rings (SSSR count). The van der Waals surface area contributed by atoms with Gasteiger partial charge in [-0.15, -0.1) is 0 Å². The molecule has 0 aromatic carbocycles. The van der Waals surface area contributed by atoms with Crippen molar-refractivity contribution in [3.8, 4) is 0 Å². The lowest BCUT2D eigenvalue weighted by molar-refractivity contribution is -0.132. The highest BCUT2D eigenvalue weighted by atomic mass is 16.2. The van der Waals surface area contributed by atoms with E-state index in [0.717, 1.165) is 4.90 Å².